The number of aryl methyl sites for hydroxylation is 3. The molecular weight excluding hydrogens is 993 g/mol. The Morgan fingerprint density at radius 2 is 0.634 bits per heavy atom. The van der Waals surface area contributed by atoms with Gasteiger partial charge in [0.05, 0.1) is 0 Å². The minimum absolute atomic E-state index is 0.979. The third kappa shape index (κ3) is 8.81. The summed E-state index contributed by atoms with van der Waals surface area (Å²) in [6, 6.07) is 103. The van der Waals surface area contributed by atoms with E-state index in [9.17, 15) is 0 Å². The van der Waals surface area contributed by atoms with E-state index >= 15 is 0 Å². The van der Waals surface area contributed by atoms with Crippen LogP contribution in [0.5, 0.6) is 0 Å². The van der Waals surface area contributed by atoms with Crippen molar-refractivity contribution in [2.45, 2.75) is 38.5 Å². The van der Waals surface area contributed by atoms with Crippen LogP contribution in [0.3, 0.4) is 0 Å². The van der Waals surface area contributed by atoms with Gasteiger partial charge in [-0.2, -0.15) is 0 Å². The van der Waals surface area contributed by atoms with E-state index in [1.807, 2.05) is 0 Å². The average molecular weight is 1050 g/mol. The molecule has 1 aliphatic carbocycles. The highest BCUT2D eigenvalue weighted by Gasteiger charge is 2.28. The summed E-state index contributed by atoms with van der Waals surface area (Å²) in [6.45, 7) is 0. The van der Waals surface area contributed by atoms with Gasteiger partial charge in [-0.25, -0.2) is 0 Å². The first kappa shape index (κ1) is 48.9. The second-order valence-corrected chi connectivity index (χ2v) is 21.8. The Morgan fingerprint density at radius 3 is 1.06 bits per heavy atom. The van der Waals surface area contributed by atoms with Gasteiger partial charge in [0.25, 0.3) is 0 Å². The van der Waals surface area contributed by atoms with Gasteiger partial charge in [0, 0.05) is 68.3 Å². The summed E-state index contributed by atoms with van der Waals surface area (Å²) in [6.07, 6.45) is 10.8. The van der Waals surface area contributed by atoms with Crippen LogP contribution in [0.1, 0.15) is 36.0 Å². The van der Waals surface area contributed by atoms with Crippen molar-refractivity contribution in [1.82, 2.24) is 0 Å². The molecule has 0 saturated heterocycles. The van der Waals surface area contributed by atoms with Crippen LogP contribution in [-0.2, 0) is 19.3 Å². The Morgan fingerprint density at radius 1 is 0.280 bits per heavy atom. The lowest BCUT2D eigenvalue weighted by molar-refractivity contribution is 0.874. The number of rotatable bonds is 10. The van der Waals surface area contributed by atoms with Crippen molar-refractivity contribution in [3.8, 4) is 22.3 Å². The van der Waals surface area contributed by atoms with Crippen LogP contribution in [0.25, 0.3) is 43.8 Å². The summed E-state index contributed by atoms with van der Waals surface area (Å²) in [5, 5.41) is 4.82. The molecular formula is C78H60N4. The van der Waals surface area contributed by atoms with Gasteiger partial charge in [0.15, 0.2) is 0 Å². The molecule has 0 amide bonds. The van der Waals surface area contributed by atoms with Gasteiger partial charge in [-0.3, -0.25) is 0 Å². The number of anilines is 11. The van der Waals surface area contributed by atoms with Crippen LogP contribution in [0, 0.1) is 0 Å². The molecule has 392 valence electrons. The lowest BCUT2D eigenvalue weighted by Crippen LogP contribution is -2.19. The smallest absolute Gasteiger partial charge is 0.0493 e. The maximum Gasteiger partial charge on any atom is 0.0493 e. The molecule has 12 aromatic rings. The molecule has 0 saturated carbocycles. The quantitative estimate of drug-likeness (QED) is 0.127. The first-order valence-electron chi connectivity index (χ1n) is 29.0. The van der Waals surface area contributed by atoms with E-state index in [4.69, 9.17) is 0 Å². The van der Waals surface area contributed by atoms with E-state index < -0.39 is 0 Å². The second kappa shape index (κ2) is 21.1. The molecule has 4 nitrogen and oxygen atoms in total. The van der Waals surface area contributed by atoms with Crippen molar-refractivity contribution in [2.24, 2.45) is 0 Å². The first-order chi connectivity index (χ1) is 40.7. The summed E-state index contributed by atoms with van der Waals surface area (Å²) in [7, 11) is 0. The number of hydrogen-bond donors (Lipinski definition) is 0. The zero-order chi connectivity index (χ0) is 54.3. The van der Waals surface area contributed by atoms with E-state index in [0.29, 0.717) is 0 Å². The van der Waals surface area contributed by atoms with Crippen LogP contribution in [0.4, 0.5) is 62.6 Å². The summed E-state index contributed by atoms with van der Waals surface area (Å²) in [5.41, 5.74) is 24.4. The Labute approximate surface area is 481 Å². The predicted molar refractivity (Wildman–Crippen MR) is 346 cm³/mol. The second-order valence-electron chi connectivity index (χ2n) is 21.8. The Hall–Kier alpha value is -10.2. The Kier molecular flexibility index (Phi) is 12.6. The first-order valence-corrected chi connectivity index (χ1v) is 29.0. The summed E-state index contributed by atoms with van der Waals surface area (Å²) < 4.78 is 0. The zero-order valence-electron chi connectivity index (χ0n) is 45.7. The van der Waals surface area contributed by atoms with E-state index in [0.717, 1.165) is 89.5 Å². The molecule has 0 radical (unpaired) electrons. The topological polar surface area (TPSA) is 13.0 Å². The van der Waals surface area contributed by atoms with E-state index in [2.05, 4.69) is 311 Å². The third-order valence-corrected chi connectivity index (χ3v) is 17.0. The Balaban J connectivity index is 1.01. The van der Waals surface area contributed by atoms with E-state index in [-0.39, 0.29) is 0 Å². The predicted octanol–water partition coefficient (Wildman–Crippen LogP) is 21.5. The van der Waals surface area contributed by atoms with Crippen LogP contribution in [0.15, 0.2) is 302 Å². The SMILES string of the molecule is C1=CC2=C(CC1)N(c1ccc3c(-c4ccc(N(c5ccccc5)c5ccccc5)cc4)c4cc(N5c6ccccc6CCc6ccccc65)ccc4c(-c4ccc(N(c5ccccc5)c5ccccc5)cc4)c3c1)c1ccccc1CC2. The fourth-order valence-corrected chi connectivity index (χ4v) is 13.3. The van der Waals surface area contributed by atoms with Gasteiger partial charge in [0.1, 0.15) is 0 Å². The van der Waals surface area contributed by atoms with Crippen molar-refractivity contribution in [2.75, 3.05) is 19.6 Å². The molecule has 15 rings (SSSR count). The van der Waals surface area contributed by atoms with Crippen molar-refractivity contribution in [1.29, 1.82) is 0 Å². The highest BCUT2D eigenvalue weighted by molar-refractivity contribution is 6.23. The largest absolute Gasteiger partial charge is 0.314 e. The van der Waals surface area contributed by atoms with Gasteiger partial charge >= 0.3 is 0 Å². The van der Waals surface area contributed by atoms with Gasteiger partial charge in [-0.15, -0.1) is 0 Å². The number of hydrogen-bond acceptors (Lipinski definition) is 4. The molecule has 2 heterocycles. The minimum Gasteiger partial charge on any atom is -0.314 e. The Bertz CT molecular complexity index is 4250. The van der Waals surface area contributed by atoms with Crippen LogP contribution in [0.2, 0.25) is 0 Å². The molecule has 82 heavy (non-hydrogen) atoms. The van der Waals surface area contributed by atoms with Crippen molar-refractivity contribution in [3.63, 3.8) is 0 Å². The van der Waals surface area contributed by atoms with Crippen molar-refractivity contribution in [3.05, 3.63) is 319 Å². The minimum atomic E-state index is 0.979. The number of fused-ring (bicyclic) bond motifs is 5. The molecule has 0 fully saturated rings. The summed E-state index contributed by atoms with van der Waals surface area (Å²) >= 11 is 0. The normalized spacial score (nSPS) is 13.7. The maximum atomic E-state index is 2.60. The highest BCUT2D eigenvalue weighted by Crippen LogP contribution is 2.51. The summed E-state index contributed by atoms with van der Waals surface area (Å²) in [4.78, 5) is 9.82. The number of para-hydroxylation sites is 7. The number of benzene rings is 12. The fraction of sp³-hybridized carbons (Fsp3) is 0.0769. The van der Waals surface area contributed by atoms with Gasteiger partial charge < -0.3 is 19.6 Å². The van der Waals surface area contributed by atoms with Crippen molar-refractivity contribution < 1.29 is 0 Å². The van der Waals surface area contributed by atoms with Gasteiger partial charge in [0.2, 0.25) is 0 Å². The molecule has 12 aromatic carbocycles. The van der Waals surface area contributed by atoms with Crippen LogP contribution >= 0.6 is 0 Å². The number of allylic oxidation sites excluding steroid dienone is 4. The molecule has 4 heteroatoms. The molecule has 0 bridgehead atoms. The molecule has 0 atom stereocenters. The summed E-state index contributed by atoms with van der Waals surface area (Å²) in [5.74, 6) is 0. The molecule has 3 aliphatic rings. The van der Waals surface area contributed by atoms with Crippen molar-refractivity contribution >= 4 is 84.1 Å². The monoisotopic (exact) mass is 1050 g/mol. The number of nitrogens with zero attached hydrogens (tertiary/aromatic N) is 4. The molecule has 0 spiro atoms. The molecule has 0 N–H and O–H groups in total. The third-order valence-electron chi connectivity index (χ3n) is 17.0. The lowest BCUT2D eigenvalue weighted by atomic mass is 9.85. The fourth-order valence-electron chi connectivity index (χ4n) is 13.3. The van der Waals surface area contributed by atoms with E-state index in [1.54, 1.807) is 0 Å². The van der Waals surface area contributed by atoms with Crippen LogP contribution in [-0.4, -0.2) is 0 Å². The standard InChI is InChI=1S/C78H60N4/c1-5-25-61(26-6-1)79(62-27-7-2-8-28-62)65-45-41-59(42-46-65)77-69-51-49-68(82-75-35-19-15-23-57(75)39-40-58-24-16-20-36-76(58)82)54-72(69)78(60-43-47-66(48-44-60)80(63-29-9-3-10-30-63)64-31-11-4-12-32-64)70-52-50-67(53-71(70)77)81-73-33-17-13-21-55(73)37-38-56-22-14-18-34-74(56)81/h1-19,21-35,41-54H,20,36-40H2. The molecule has 0 aromatic heterocycles. The van der Waals surface area contributed by atoms with Crippen LogP contribution < -0.4 is 19.6 Å². The lowest BCUT2D eigenvalue weighted by Gasteiger charge is -2.31. The van der Waals surface area contributed by atoms with E-state index in [1.165, 1.54) is 83.4 Å². The molecule has 2 aliphatic heterocycles. The van der Waals surface area contributed by atoms with Gasteiger partial charge in [-0.05, 0) is 220 Å². The highest BCUT2D eigenvalue weighted by atomic mass is 15.2. The van der Waals surface area contributed by atoms with Gasteiger partial charge in [-0.1, -0.05) is 176 Å². The average Bonchev–Trinajstić information content (AvgIpc) is 3.49. The zero-order valence-corrected chi connectivity index (χ0v) is 45.7. The molecule has 0 unspecified atom stereocenters. The maximum absolute atomic E-state index is 2.60.